The van der Waals surface area contributed by atoms with Gasteiger partial charge in [0.2, 0.25) is 0 Å². The van der Waals surface area contributed by atoms with Gasteiger partial charge in [-0.1, -0.05) is 304 Å². The first-order chi connectivity index (χ1) is 54.7. The number of aliphatic hydroxyl groups is 1. The third-order valence-corrected chi connectivity index (χ3v) is 18.0. The molecule has 0 radical (unpaired) electrons. The number of hydrogen-bond acceptors (Lipinski definition) is 15. The average molecular weight is 1600 g/mol. The number of unbranched alkanes of at least 4 members (excludes halogenated alkanes) is 11. The monoisotopic (exact) mass is 1590 g/mol. The molecule has 0 aromatic rings. The van der Waals surface area contributed by atoms with Crippen molar-refractivity contribution >= 4 is 39.5 Å². The Labute approximate surface area is 676 Å². The van der Waals surface area contributed by atoms with Crippen molar-refractivity contribution in [1.82, 2.24) is 0 Å². The van der Waals surface area contributed by atoms with E-state index in [0.717, 1.165) is 135 Å². The van der Waals surface area contributed by atoms with E-state index in [4.69, 9.17) is 37.0 Å². The number of aliphatic hydroxyl groups excluding tert-OH is 1. The Morgan fingerprint density at radius 1 is 0.259 bits per heavy atom. The van der Waals surface area contributed by atoms with Gasteiger partial charge in [0, 0.05) is 25.7 Å². The van der Waals surface area contributed by atoms with Gasteiger partial charge >= 0.3 is 39.5 Å². The zero-order valence-electron chi connectivity index (χ0n) is 68.7. The number of hydrogen-bond donors (Lipinski definition) is 3. The van der Waals surface area contributed by atoms with Gasteiger partial charge in [-0.05, 0) is 173 Å². The van der Waals surface area contributed by atoms with Gasteiger partial charge in [0.25, 0.3) is 0 Å². The molecule has 0 bridgehead atoms. The topological polar surface area (TPSA) is 237 Å². The first kappa shape index (κ1) is 105. The first-order valence-corrected chi connectivity index (χ1v) is 44.6. The summed E-state index contributed by atoms with van der Waals surface area (Å²) in [6, 6.07) is 0. The van der Waals surface area contributed by atoms with Crippen LogP contribution in [0, 0.1) is 0 Å². The van der Waals surface area contributed by atoms with E-state index >= 15 is 0 Å². The number of allylic oxidation sites excluding steroid dienone is 38. The van der Waals surface area contributed by atoms with E-state index < -0.39 is 97.5 Å². The van der Waals surface area contributed by atoms with Crippen molar-refractivity contribution in [3.63, 3.8) is 0 Å². The number of phosphoric acid groups is 2. The van der Waals surface area contributed by atoms with Crippen molar-refractivity contribution in [1.29, 1.82) is 0 Å². The van der Waals surface area contributed by atoms with Crippen LogP contribution in [0.15, 0.2) is 231 Å². The summed E-state index contributed by atoms with van der Waals surface area (Å²) in [5.74, 6) is -2.52. The van der Waals surface area contributed by atoms with Crippen LogP contribution in [0.2, 0.25) is 0 Å². The first-order valence-electron chi connectivity index (χ1n) is 41.6. The van der Waals surface area contributed by atoms with Crippen molar-refractivity contribution in [3.8, 4) is 0 Å². The van der Waals surface area contributed by atoms with Crippen LogP contribution in [0.5, 0.6) is 0 Å². The van der Waals surface area contributed by atoms with Gasteiger partial charge in [-0.25, -0.2) is 9.13 Å². The molecule has 3 N–H and O–H groups in total. The maximum Gasteiger partial charge on any atom is 0.472 e. The summed E-state index contributed by atoms with van der Waals surface area (Å²) < 4.78 is 68.4. The second-order valence-electron chi connectivity index (χ2n) is 26.6. The van der Waals surface area contributed by atoms with Gasteiger partial charge in [0.15, 0.2) is 12.2 Å². The van der Waals surface area contributed by atoms with E-state index in [0.29, 0.717) is 44.9 Å². The maximum atomic E-state index is 13.1. The molecule has 0 aliphatic rings. The Balaban J connectivity index is 5.63. The zero-order valence-corrected chi connectivity index (χ0v) is 70.5. The normalized spacial score (nSPS) is 15.0. The highest BCUT2D eigenvalue weighted by Gasteiger charge is 2.30. The molecule has 0 aromatic heterocycles. The number of ether oxygens (including phenoxy) is 4. The largest absolute Gasteiger partial charge is 0.472 e. The van der Waals surface area contributed by atoms with Gasteiger partial charge in [0.05, 0.1) is 26.4 Å². The van der Waals surface area contributed by atoms with E-state index in [1.807, 2.05) is 54.7 Å². The van der Waals surface area contributed by atoms with Crippen LogP contribution in [-0.2, 0) is 65.4 Å². The number of carbonyl (C=O) groups is 4. The van der Waals surface area contributed by atoms with Crippen LogP contribution in [0.4, 0.5) is 0 Å². The van der Waals surface area contributed by atoms with Crippen LogP contribution >= 0.6 is 15.6 Å². The molecule has 628 valence electrons. The standard InChI is InChI=1S/C93H144O17P2/c1-5-9-13-17-21-25-29-33-37-40-43-46-50-54-58-62-66-70-74-78-91(96)104-84-89(110-93(98)80-76-72-68-64-60-56-52-48-45-42-39-35-31-27-23-19-15-11-7-3)86-108-112(101,102)106-82-87(94)81-105-111(99,100)107-85-88(83-103-90(95)77-73-69-65-61-57-53-49-36-32-28-24-20-16-12-8-4)109-92(97)79-75-71-67-63-59-55-51-47-44-41-38-34-30-26-22-18-14-10-6-2/h10-11,14-15,21-28,33-39,43-49,54-56,58-60,66-68,70-72,87-89,94H,5-9,12-13,16-20,29-32,40-42,50-53,57,61-65,69,73-86H2,1-4H3,(H,99,100)(H,101,102)/b14-10-,15-11-,25-21-,26-22-,27-23-,28-24-,37-33-,38-34-,39-35-,46-43-,47-44-,48-45-,49-36-,58-54-,59-55-,60-56-,70-66-,71-67-,72-68-/t87-,88+,89+/m0/s1. The quantitative estimate of drug-likeness (QED) is 0.0169. The Morgan fingerprint density at radius 2 is 0.482 bits per heavy atom. The number of esters is 4. The summed E-state index contributed by atoms with van der Waals surface area (Å²) in [4.78, 5) is 73.1. The van der Waals surface area contributed by atoms with Gasteiger partial charge in [-0.2, -0.15) is 0 Å². The molecule has 0 saturated heterocycles. The highest BCUT2D eigenvalue weighted by Crippen LogP contribution is 2.45. The minimum Gasteiger partial charge on any atom is -0.462 e. The molecular formula is C93H144O17P2. The third kappa shape index (κ3) is 81.1. The van der Waals surface area contributed by atoms with Crippen LogP contribution < -0.4 is 0 Å². The fourth-order valence-corrected chi connectivity index (χ4v) is 11.5. The molecule has 0 fully saturated rings. The molecule has 0 amide bonds. The van der Waals surface area contributed by atoms with E-state index in [2.05, 4.69) is 204 Å². The van der Waals surface area contributed by atoms with E-state index in [-0.39, 0.29) is 25.7 Å². The third-order valence-electron chi connectivity index (χ3n) is 16.1. The van der Waals surface area contributed by atoms with Crippen molar-refractivity contribution in [2.45, 2.75) is 290 Å². The van der Waals surface area contributed by atoms with Crippen molar-refractivity contribution < 1.29 is 80.2 Å². The summed E-state index contributed by atoms with van der Waals surface area (Å²) in [5, 5.41) is 10.7. The highest BCUT2D eigenvalue weighted by atomic mass is 31.2. The van der Waals surface area contributed by atoms with Crippen LogP contribution in [-0.4, -0.2) is 96.7 Å². The van der Waals surface area contributed by atoms with Crippen molar-refractivity contribution in [2.24, 2.45) is 0 Å². The predicted octanol–water partition coefficient (Wildman–Crippen LogP) is 25.0. The minimum atomic E-state index is -5.04. The molecule has 112 heavy (non-hydrogen) atoms. The van der Waals surface area contributed by atoms with Crippen LogP contribution in [0.1, 0.15) is 272 Å². The number of rotatable bonds is 75. The lowest BCUT2D eigenvalue weighted by Gasteiger charge is -2.21. The Hall–Kier alpha value is -6.88. The van der Waals surface area contributed by atoms with Crippen LogP contribution in [0.25, 0.3) is 0 Å². The van der Waals surface area contributed by atoms with Crippen molar-refractivity contribution in [3.05, 3.63) is 231 Å². The predicted molar refractivity (Wildman–Crippen MR) is 463 cm³/mol. The van der Waals surface area contributed by atoms with Gasteiger partial charge in [-0.15, -0.1) is 0 Å². The molecule has 0 aromatic carbocycles. The molecule has 0 heterocycles. The molecular weight excluding hydrogens is 1450 g/mol. The molecule has 17 nitrogen and oxygen atoms in total. The van der Waals surface area contributed by atoms with E-state index in [1.165, 1.54) is 38.5 Å². The molecule has 0 rings (SSSR count). The molecule has 2 unspecified atom stereocenters. The Morgan fingerprint density at radius 3 is 0.768 bits per heavy atom. The zero-order chi connectivity index (χ0) is 81.7. The fourth-order valence-electron chi connectivity index (χ4n) is 9.87. The minimum absolute atomic E-state index is 0.00977. The molecule has 5 atom stereocenters. The second kappa shape index (κ2) is 82.1. The summed E-state index contributed by atoms with van der Waals surface area (Å²) in [6.45, 7) is 4.28. The fraction of sp³-hybridized carbons (Fsp3) is 0.548. The smallest absolute Gasteiger partial charge is 0.462 e. The lowest BCUT2D eigenvalue weighted by atomic mass is 10.1. The molecule has 19 heteroatoms. The molecule has 0 spiro atoms. The number of phosphoric ester groups is 2. The second-order valence-corrected chi connectivity index (χ2v) is 29.5. The molecule has 0 aliphatic heterocycles. The maximum absolute atomic E-state index is 13.1. The molecule has 0 aliphatic carbocycles. The SMILES string of the molecule is CC/C=C\C/C=C\C/C=C\C/C=C\C/C=C\C/C=C\CCC(=O)O[C@H](COC(=O)CC/C=C\C/C=C\C/C=C\C/C=C\C/C=C\CCCCC)COP(=O)(O)OC[C@@H](O)COP(=O)(O)OC[C@@H](COC(=O)CCCCCCC/C=C\C/C=C\CCCCC)OC(=O)CC/C=C\C/C=C\C/C=C\C/C=C\C/C=C\C/C=C\CC. The highest BCUT2D eigenvalue weighted by molar-refractivity contribution is 7.47. The van der Waals surface area contributed by atoms with E-state index in [1.54, 1.807) is 0 Å². The van der Waals surface area contributed by atoms with Gasteiger partial charge in [-0.3, -0.25) is 37.3 Å². The van der Waals surface area contributed by atoms with Crippen LogP contribution in [0.3, 0.4) is 0 Å². The summed E-state index contributed by atoms with van der Waals surface area (Å²) in [6.07, 6.45) is 106. The summed E-state index contributed by atoms with van der Waals surface area (Å²) >= 11 is 0. The average Bonchev–Trinajstić information content (AvgIpc) is 0.907. The summed E-state index contributed by atoms with van der Waals surface area (Å²) in [5.41, 5.74) is 0. The summed E-state index contributed by atoms with van der Waals surface area (Å²) in [7, 11) is -10.1. The lowest BCUT2D eigenvalue weighted by molar-refractivity contribution is -0.161. The molecule has 0 saturated carbocycles. The Bertz CT molecular complexity index is 3040. The van der Waals surface area contributed by atoms with Gasteiger partial charge < -0.3 is 33.8 Å². The van der Waals surface area contributed by atoms with Crippen molar-refractivity contribution in [2.75, 3.05) is 39.6 Å². The lowest BCUT2D eigenvalue weighted by Crippen LogP contribution is -2.30. The Kier molecular flexibility index (Phi) is 77.1. The number of carbonyl (C=O) groups excluding carboxylic acids is 4. The van der Waals surface area contributed by atoms with Gasteiger partial charge in [0.1, 0.15) is 19.3 Å². The van der Waals surface area contributed by atoms with E-state index in [9.17, 15) is 43.2 Å².